The first-order chi connectivity index (χ1) is 10.3. The number of fused-ring (bicyclic) bond motifs is 3. The fourth-order valence-corrected chi connectivity index (χ4v) is 3.46. The molecule has 1 unspecified atom stereocenters. The Labute approximate surface area is 122 Å². The Hall–Kier alpha value is -1.92. The van der Waals surface area contributed by atoms with E-state index in [0.717, 1.165) is 53.9 Å². The number of nitrogens with zero attached hydrogens (tertiary/aromatic N) is 4. The zero-order valence-corrected chi connectivity index (χ0v) is 12.1. The Morgan fingerprint density at radius 2 is 2.38 bits per heavy atom. The van der Waals surface area contributed by atoms with Crippen molar-refractivity contribution in [1.29, 1.82) is 0 Å². The second kappa shape index (κ2) is 4.82. The average Bonchev–Trinajstić information content (AvgIpc) is 3.22. The minimum atomic E-state index is -0.0385. The van der Waals surface area contributed by atoms with Crippen molar-refractivity contribution in [2.45, 2.75) is 26.0 Å². The van der Waals surface area contributed by atoms with Crippen molar-refractivity contribution < 1.29 is 5.11 Å². The number of nitrogens with one attached hydrogen (secondary N) is 1. The van der Waals surface area contributed by atoms with Gasteiger partial charge in [-0.25, -0.2) is 9.97 Å². The van der Waals surface area contributed by atoms with Crippen molar-refractivity contribution in [3.8, 4) is 0 Å². The second-order valence-corrected chi connectivity index (χ2v) is 5.62. The molecule has 0 amide bonds. The van der Waals surface area contributed by atoms with Crippen LogP contribution in [0.25, 0.3) is 22.1 Å². The lowest BCUT2D eigenvalue weighted by molar-refractivity contribution is 0.260. The third-order valence-corrected chi connectivity index (χ3v) is 4.51. The van der Waals surface area contributed by atoms with E-state index >= 15 is 0 Å². The van der Waals surface area contributed by atoms with Crippen LogP contribution < -0.4 is 0 Å². The van der Waals surface area contributed by atoms with E-state index < -0.39 is 0 Å². The summed E-state index contributed by atoms with van der Waals surface area (Å²) in [6.45, 7) is 5.34. The highest BCUT2D eigenvalue weighted by atomic mass is 16.3. The maximum Gasteiger partial charge on any atom is 0.139 e. The zero-order valence-electron chi connectivity index (χ0n) is 12.1. The Balaban J connectivity index is 1.94. The first kappa shape index (κ1) is 12.8. The standard InChI is InChI=1S/C15H19N5O/c1-2-19-6-4-10(8-19)20-13(9-21)18-12-7-17-15-11(14(12)20)3-5-16-15/h3,5,7,10,21H,2,4,6,8-9H2,1H3,(H,16,17). The van der Waals surface area contributed by atoms with Crippen molar-refractivity contribution >= 4 is 22.1 Å². The second-order valence-electron chi connectivity index (χ2n) is 5.62. The van der Waals surface area contributed by atoms with Gasteiger partial charge in [0.25, 0.3) is 0 Å². The number of aliphatic hydroxyl groups is 1. The molecule has 4 rings (SSSR count). The molecule has 6 nitrogen and oxygen atoms in total. The summed E-state index contributed by atoms with van der Waals surface area (Å²) in [6, 6.07) is 2.41. The number of pyridine rings is 1. The molecule has 0 saturated carbocycles. The molecule has 110 valence electrons. The minimum Gasteiger partial charge on any atom is -0.388 e. The molecule has 0 aromatic carbocycles. The fourth-order valence-electron chi connectivity index (χ4n) is 3.46. The topological polar surface area (TPSA) is 70.0 Å². The molecular formula is C15H19N5O. The minimum absolute atomic E-state index is 0.0385. The van der Waals surface area contributed by atoms with Crippen LogP contribution in [0.1, 0.15) is 25.2 Å². The van der Waals surface area contributed by atoms with Gasteiger partial charge in [-0.2, -0.15) is 0 Å². The smallest absolute Gasteiger partial charge is 0.139 e. The van der Waals surface area contributed by atoms with E-state index in [2.05, 4.69) is 31.3 Å². The summed E-state index contributed by atoms with van der Waals surface area (Å²) in [5.74, 6) is 0.739. The van der Waals surface area contributed by atoms with Crippen molar-refractivity contribution in [3.63, 3.8) is 0 Å². The zero-order chi connectivity index (χ0) is 14.4. The number of aromatic nitrogens is 4. The maximum absolute atomic E-state index is 9.70. The Bertz CT molecular complexity index is 790. The Morgan fingerprint density at radius 3 is 3.14 bits per heavy atom. The van der Waals surface area contributed by atoms with Crippen LogP contribution in [-0.4, -0.2) is 49.2 Å². The average molecular weight is 285 g/mol. The van der Waals surface area contributed by atoms with Crippen LogP contribution in [0.2, 0.25) is 0 Å². The number of aliphatic hydroxyl groups excluding tert-OH is 1. The van der Waals surface area contributed by atoms with Crippen molar-refractivity contribution in [3.05, 3.63) is 24.3 Å². The van der Waals surface area contributed by atoms with Gasteiger partial charge in [0, 0.05) is 30.7 Å². The molecule has 2 N–H and O–H groups in total. The number of hydrogen-bond acceptors (Lipinski definition) is 4. The molecule has 21 heavy (non-hydrogen) atoms. The molecule has 0 bridgehead atoms. The summed E-state index contributed by atoms with van der Waals surface area (Å²) in [5.41, 5.74) is 2.83. The van der Waals surface area contributed by atoms with Crippen molar-refractivity contribution in [2.75, 3.05) is 19.6 Å². The summed E-state index contributed by atoms with van der Waals surface area (Å²) in [4.78, 5) is 14.6. The lowest BCUT2D eigenvalue weighted by Gasteiger charge is -2.17. The predicted octanol–water partition coefficient (Wildman–Crippen LogP) is 1.67. The highest BCUT2D eigenvalue weighted by Crippen LogP contribution is 2.31. The van der Waals surface area contributed by atoms with E-state index in [0.29, 0.717) is 6.04 Å². The normalized spacial score (nSPS) is 20.0. The van der Waals surface area contributed by atoms with Gasteiger partial charge < -0.3 is 19.6 Å². The third-order valence-electron chi connectivity index (χ3n) is 4.51. The first-order valence-corrected chi connectivity index (χ1v) is 7.48. The van der Waals surface area contributed by atoms with Crippen LogP contribution in [0.4, 0.5) is 0 Å². The van der Waals surface area contributed by atoms with E-state index in [1.165, 1.54) is 0 Å². The summed E-state index contributed by atoms with van der Waals surface area (Å²) < 4.78 is 2.23. The van der Waals surface area contributed by atoms with E-state index in [1.807, 2.05) is 12.3 Å². The van der Waals surface area contributed by atoms with Crippen LogP contribution in [-0.2, 0) is 6.61 Å². The van der Waals surface area contributed by atoms with E-state index in [9.17, 15) is 5.11 Å². The van der Waals surface area contributed by atoms with Gasteiger partial charge >= 0.3 is 0 Å². The van der Waals surface area contributed by atoms with Gasteiger partial charge in [0.2, 0.25) is 0 Å². The molecule has 1 saturated heterocycles. The lowest BCUT2D eigenvalue weighted by atomic mass is 10.2. The van der Waals surface area contributed by atoms with Crippen LogP contribution in [0.15, 0.2) is 18.5 Å². The van der Waals surface area contributed by atoms with Gasteiger partial charge in [0.15, 0.2) is 0 Å². The van der Waals surface area contributed by atoms with Gasteiger partial charge in [-0.15, -0.1) is 0 Å². The summed E-state index contributed by atoms with van der Waals surface area (Å²) >= 11 is 0. The van der Waals surface area contributed by atoms with Gasteiger partial charge in [-0.05, 0) is 19.0 Å². The SMILES string of the molecule is CCN1CCC(n2c(CO)nc3cnc4[nH]ccc4c32)C1. The molecule has 3 aromatic rings. The van der Waals surface area contributed by atoms with E-state index in [-0.39, 0.29) is 6.61 Å². The monoisotopic (exact) mass is 285 g/mol. The van der Waals surface area contributed by atoms with Gasteiger partial charge in [0.05, 0.1) is 11.7 Å². The van der Waals surface area contributed by atoms with Crippen LogP contribution in [0, 0.1) is 0 Å². The van der Waals surface area contributed by atoms with Crippen molar-refractivity contribution in [2.24, 2.45) is 0 Å². The van der Waals surface area contributed by atoms with Crippen LogP contribution in [0.5, 0.6) is 0 Å². The molecule has 1 aliphatic heterocycles. The Morgan fingerprint density at radius 1 is 1.48 bits per heavy atom. The highest BCUT2D eigenvalue weighted by molar-refractivity contribution is 6.01. The maximum atomic E-state index is 9.70. The molecule has 1 aliphatic rings. The Kier molecular flexibility index (Phi) is 2.94. The van der Waals surface area contributed by atoms with Crippen LogP contribution >= 0.6 is 0 Å². The summed E-state index contributed by atoms with van der Waals surface area (Å²) in [6.07, 6.45) is 4.79. The molecule has 1 atom stereocenters. The van der Waals surface area contributed by atoms with E-state index in [1.54, 1.807) is 6.20 Å². The third kappa shape index (κ3) is 1.86. The van der Waals surface area contributed by atoms with E-state index in [4.69, 9.17) is 0 Å². The molecule has 1 fully saturated rings. The highest BCUT2D eigenvalue weighted by Gasteiger charge is 2.27. The predicted molar refractivity (Wildman–Crippen MR) is 81.1 cm³/mol. The number of hydrogen-bond donors (Lipinski definition) is 2. The first-order valence-electron chi connectivity index (χ1n) is 7.48. The number of H-pyrrole nitrogens is 1. The number of likely N-dealkylation sites (N-methyl/N-ethyl adjacent to an activating group) is 1. The fraction of sp³-hybridized carbons (Fsp3) is 0.467. The molecule has 0 spiro atoms. The molecule has 3 aromatic heterocycles. The van der Waals surface area contributed by atoms with Gasteiger partial charge in [-0.3, -0.25) is 0 Å². The number of aromatic amines is 1. The molecule has 6 heteroatoms. The van der Waals surface area contributed by atoms with Gasteiger partial charge in [0.1, 0.15) is 23.6 Å². The molecule has 0 aliphatic carbocycles. The molecular weight excluding hydrogens is 266 g/mol. The van der Waals surface area contributed by atoms with Gasteiger partial charge in [-0.1, -0.05) is 6.92 Å². The summed E-state index contributed by atoms with van der Waals surface area (Å²) in [5, 5.41) is 10.8. The molecule has 4 heterocycles. The number of rotatable bonds is 3. The largest absolute Gasteiger partial charge is 0.388 e. The quantitative estimate of drug-likeness (QED) is 0.768. The van der Waals surface area contributed by atoms with Crippen molar-refractivity contribution in [1.82, 2.24) is 24.4 Å². The molecule has 0 radical (unpaired) electrons. The lowest BCUT2D eigenvalue weighted by Crippen LogP contribution is -2.21. The number of imidazole rings is 1. The number of likely N-dealkylation sites (tertiary alicyclic amines) is 1. The summed E-state index contributed by atoms with van der Waals surface area (Å²) in [7, 11) is 0. The van der Waals surface area contributed by atoms with Crippen LogP contribution in [0.3, 0.4) is 0 Å².